The van der Waals surface area contributed by atoms with Gasteiger partial charge < -0.3 is 20.1 Å². The first-order valence-electron chi connectivity index (χ1n) is 13.6. The summed E-state index contributed by atoms with van der Waals surface area (Å²) in [5.74, 6) is 1.71. The van der Waals surface area contributed by atoms with Gasteiger partial charge in [0, 0.05) is 25.6 Å². The van der Waals surface area contributed by atoms with Crippen molar-refractivity contribution >= 4 is 11.8 Å². The summed E-state index contributed by atoms with van der Waals surface area (Å²) in [5.41, 5.74) is 1.84. The van der Waals surface area contributed by atoms with E-state index >= 15 is 0 Å². The summed E-state index contributed by atoms with van der Waals surface area (Å²) >= 11 is 0. The Kier molecular flexibility index (Phi) is 12.5. The Bertz CT molecular complexity index is 976. The molecule has 0 aliphatic heterocycles. The molecule has 2 amide bonds. The van der Waals surface area contributed by atoms with Gasteiger partial charge in [0.2, 0.25) is 5.91 Å². The van der Waals surface area contributed by atoms with E-state index in [1.807, 2.05) is 22.9 Å². The molecule has 0 aliphatic rings. The van der Waals surface area contributed by atoms with Gasteiger partial charge in [-0.25, -0.2) is 0 Å². The second-order valence-electron chi connectivity index (χ2n) is 10.0. The molecule has 1 aromatic heterocycles. The second kappa shape index (κ2) is 15.3. The SMILES string of the molecule is CCCCNC(=O)CC(CC(C)C)NC(=O)c1cc(-c2c(OC)cccc2OC)n(CC(CC)CC)n1. The van der Waals surface area contributed by atoms with Crippen LogP contribution in [-0.4, -0.2) is 48.4 Å². The molecule has 0 radical (unpaired) electrons. The molecule has 8 nitrogen and oxygen atoms in total. The molecule has 8 heteroatoms. The third-order valence-electron chi connectivity index (χ3n) is 6.66. The molecular formula is C29H46N4O4. The molecule has 1 unspecified atom stereocenters. The Hall–Kier alpha value is -3.03. The fourth-order valence-electron chi connectivity index (χ4n) is 4.49. The van der Waals surface area contributed by atoms with Crippen molar-refractivity contribution in [3.05, 3.63) is 30.0 Å². The van der Waals surface area contributed by atoms with Crippen molar-refractivity contribution < 1.29 is 19.1 Å². The third-order valence-corrected chi connectivity index (χ3v) is 6.66. The molecule has 1 atom stereocenters. The number of amides is 2. The maximum absolute atomic E-state index is 13.4. The first kappa shape index (κ1) is 30.2. The van der Waals surface area contributed by atoms with Gasteiger partial charge in [-0.15, -0.1) is 0 Å². The number of rotatable bonds is 16. The number of hydrogen-bond donors (Lipinski definition) is 2. The van der Waals surface area contributed by atoms with E-state index in [-0.39, 0.29) is 24.3 Å². The number of carbonyl (C=O) groups excluding carboxylic acids is 2. The summed E-state index contributed by atoms with van der Waals surface area (Å²) in [6, 6.07) is 7.15. The third kappa shape index (κ3) is 8.79. The molecule has 2 rings (SSSR count). The van der Waals surface area contributed by atoms with Gasteiger partial charge in [0.15, 0.2) is 5.69 Å². The Balaban J connectivity index is 2.40. The summed E-state index contributed by atoms with van der Waals surface area (Å²) in [5, 5.41) is 10.8. The number of methoxy groups -OCH3 is 2. The maximum Gasteiger partial charge on any atom is 0.272 e. The van der Waals surface area contributed by atoms with Crippen molar-refractivity contribution in [1.82, 2.24) is 20.4 Å². The average Bonchev–Trinajstić information content (AvgIpc) is 3.29. The lowest BCUT2D eigenvalue weighted by Gasteiger charge is -2.20. The van der Waals surface area contributed by atoms with E-state index in [1.54, 1.807) is 20.3 Å². The van der Waals surface area contributed by atoms with Gasteiger partial charge in [-0.05, 0) is 42.9 Å². The molecule has 0 fully saturated rings. The zero-order valence-corrected chi connectivity index (χ0v) is 23.7. The Morgan fingerprint density at radius 2 is 1.70 bits per heavy atom. The van der Waals surface area contributed by atoms with Crippen LogP contribution in [0.15, 0.2) is 24.3 Å². The highest BCUT2D eigenvalue weighted by Crippen LogP contribution is 2.39. The van der Waals surface area contributed by atoms with Crippen LogP contribution in [-0.2, 0) is 11.3 Å². The minimum absolute atomic E-state index is 0.0434. The Morgan fingerprint density at radius 3 is 2.24 bits per heavy atom. The molecule has 0 saturated heterocycles. The average molecular weight is 515 g/mol. The molecule has 2 aromatic rings. The highest BCUT2D eigenvalue weighted by molar-refractivity contribution is 5.94. The zero-order chi connectivity index (χ0) is 27.4. The van der Waals surface area contributed by atoms with Gasteiger partial charge >= 0.3 is 0 Å². The maximum atomic E-state index is 13.4. The van der Waals surface area contributed by atoms with Gasteiger partial charge in [0.25, 0.3) is 5.91 Å². The van der Waals surface area contributed by atoms with Crippen LogP contribution >= 0.6 is 0 Å². The first-order chi connectivity index (χ1) is 17.8. The highest BCUT2D eigenvalue weighted by atomic mass is 16.5. The summed E-state index contributed by atoms with van der Waals surface area (Å²) in [6.45, 7) is 11.9. The van der Waals surface area contributed by atoms with E-state index < -0.39 is 0 Å². The van der Waals surface area contributed by atoms with Gasteiger partial charge in [0.1, 0.15) is 11.5 Å². The van der Waals surface area contributed by atoms with Crippen molar-refractivity contribution in [1.29, 1.82) is 0 Å². The molecule has 0 bridgehead atoms. The number of nitrogens with one attached hydrogen (secondary N) is 2. The van der Waals surface area contributed by atoms with Crippen molar-refractivity contribution in [2.45, 2.75) is 85.7 Å². The van der Waals surface area contributed by atoms with E-state index in [0.717, 1.165) is 36.9 Å². The molecule has 0 aliphatic carbocycles. The second-order valence-corrected chi connectivity index (χ2v) is 10.0. The van der Waals surface area contributed by atoms with Crippen molar-refractivity contribution in [2.75, 3.05) is 20.8 Å². The predicted molar refractivity (Wildman–Crippen MR) is 148 cm³/mol. The lowest BCUT2D eigenvalue weighted by atomic mass is 10.0. The molecule has 1 aromatic carbocycles. The zero-order valence-electron chi connectivity index (χ0n) is 23.7. The number of carbonyl (C=O) groups is 2. The summed E-state index contributed by atoms with van der Waals surface area (Å²) in [6.07, 6.45) is 4.92. The number of hydrogen-bond acceptors (Lipinski definition) is 5. The standard InChI is InChI=1S/C29H46N4O4/c1-8-11-15-30-27(34)17-22(16-20(4)5)31-29(35)23-18-24(33(32-23)19-21(9-2)10-3)28-25(36-6)13-12-14-26(28)37-7/h12-14,18,20-22H,8-11,15-17,19H2,1-7H3,(H,30,34)(H,31,35). The molecule has 37 heavy (non-hydrogen) atoms. The lowest BCUT2D eigenvalue weighted by Crippen LogP contribution is -2.40. The highest BCUT2D eigenvalue weighted by Gasteiger charge is 2.25. The van der Waals surface area contributed by atoms with Crippen LogP contribution in [0.2, 0.25) is 0 Å². The van der Waals surface area contributed by atoms with Crippen LogP contribution in [0.5, 0.6) is 11.5 Å². The number of unbranched alkanes of at least 4 members (excludes halogenated alkanes) is 1. The molecular weight excluding hydrogens is 468 g/mol. The van der Waals surface area contributed by atoms with Gasteiger partial charge in [0.05, 0.1) is 25.5 Å². The molecule has 0 saturated carbocycles. The number of aromatic nitrogens is 2. The minimum atomic E-state index is -0.287. The van der Waals surface area contributed by atoms with Crippen molar-refractivity contribution in [3.8, 4) is 22.8 Å². The normalized spacial score (nSPS) is 12.0. The van der Waals surface area contributed by atoms with Gasteiger partial charge in [-0.3, -0.25) is 14.3 Å². The molecule has 0 spiro atoms. The quantitative estimate of drug-likeness (QED) is 0.290. The van der Waals surface area contributed by atoms with Gasteiger partial charge in [-0.1, -0.05) is 59.9 Å². The van der Waals surface area contributed by atoms with E-state index in [9.17, 15) is 9.59 Å². The largest absolute Gasteiger partial charge is 0.496 e. The van der Waals surface area contributed by atoms with Crippen LogP contribution < -0.4 is 20.1 Å². The topological polar surface area (TPSA) is 94.5 Å². The van der Waals surface area contributed by atoms with Crippen LogP contribution in [0.4, 0.5) is 0 Å². The van der Waals surface area contributed by atoms with Crippen molar-refractivity contribution in [2.24, 2.45) is 11.8 Å². The fourth-order valence-corrected chi connectivity index (χ4v) is 4.49. The lowest BCUT2D eigenvalue weighted by molar-refractivity contribution is -0.121. The molecule has 206 valence electrons. The number of nitrogens with zero attached hydrogens (tertiary/aromatic N) is 2. The first-order valence-corrected chi connectivity index (χ1v) is 13.6. The van der Waals surface area contributed by atoms with Crippen LogP contribution in [0.25, 0.3) is 11.3 Å². The Labute approximate surface area is 222 Å². The Morgan fingerprint density at radius 1 is 1.05 bits per heavy atom. The summed E-state index contributed by atoms with van der Waals surface area (Å²) in [7, 11) is 3.24. The van der Waals surface area contributed by atoms with Crippen molar-refractivity contribution in [3.63, 3.8) is 0 Å². The predicted octanol–water partition coefficient (Wildman–Crippen LogP) is 5.45. The number of benzene rings is 1. The van der Waals surface area contributed by atoms with E-state index in [0.29, 0.717) is 48.5 Å². The van der Waals surface area contributed by atoms with E-state index in [4.69, 9.17) is 14.6 Å². The smallest absolute Gasteiger partial charge is 0.272 e. The fraction of sp³-hybridized carbons (Fsp3) is 0.621. The minimum Gasteiger partial charge on any atom is -0.496 e. The molecule has 1 heterocycles. The number of ether oxygens (including phenoxy) is 2. The van der Waals surface area contributed by atoms with Crippen LogP contribution in [0.1, 0.15) is 83.6 Å². The van der Waals surface area contributed by atoms with Gasteiger partial charge in [-0.2, -0.15) is 5.10 Å². The van der Waals surface area contributed by atoms with E-state index in [1.165, 1.54) is 0 Å². The monoisotopic (exact) mass is 514 g/mol. The molecule has 2 N–H and O–H groups in total. The summed E-state index contributed by atoms with van der Waals surface area (Å²) in [4.78, 5) is 25.9. The van der Waals surface area contributed by atoms with Crippen LogP contribution in [0, 0.1) is 11.8 Å². The summed E-state index contributed by atoms with van der Waals surface area (Å²) < 4.78 is 13.2. The van der Waals surface area contributed by atoms with E-state index in [2.05, 4.69) is 45.3 Å². The van der Waals surface area contributed by atoms with Crippen LogP contribution in [0.3, 0.4) is 0 Å².